The summed E-state index contributed by atoms with van der Waals surface area (Å²) in [7, 11) is 0. The molecule has 0 fully saturated rings. The highest BCUT2D eigenvalue weighted by molar-refractivity contribution is 5.98. The third kappa shape index (κ3) is 1.92. The maximum absolute atomic E-state index is 9.64. The van der Waals surface area contributed by atoms with Crippen LogP contribution < -0.4 is 0 Å². The molecule has 0 unspecified atom stereocenters. The molecule has 0 aromatic heterocycles. The Morgan fingerprint density at radius 3 is 2.79 bits per heavy atom. The van der Waals surface area contributed by atoms with Crippen LogP contribution in [-0.4, -0.2) is 27.3 Å². The molecule has 0 atom stereocenters. The quantitative estimate of drug-likeness (QED) is 0.423. The average molecular weight is 193 g/mol. The van der Waals surface area contributed by atoms with Crippen LogP contribution in [0, 0.1) is 0 Å². The van der Waals surface area contributed by atoms with Crippen LogP contribution in [0.1, 0.15) is 26.7 Å². The van der Waals surface area contributed by atoms with Gasteiger partial charge in [-0.05, 0) is 18.9 Å². The third-order valence-electron chi connectivity index (χ3n) is 2.27. The second-order valence-corrected chi connectivity index (χ2v) is 3.10. The van der Waals surface area contributed by atoms with Crippen LogP contribution in [0.15, 0.2) is 23.4 Å². The highest BCUT2D eigenvalue weighted by Crippen LogP contribution is 2.20. The molecule has 1 rings (SSSR count). The number of nitrogens with zero attached hydrogens (tertiary/aromatic N) is 3. The summed E-state index contributed by atoms with van der Waals surface area (Å²) in [6, 6.07) is 0. The molecule has 0 aromatic rings. The molecule has 0 saturated heterocycles. The van der Waals surface area contributed by atoms with Gasteiger partial charge in [-0.3, -0.25) is 5.21 Å². The van der Waals surface area contributed by atoms with E-state index < -0.39 is 0 Å². The molecule has 1 aliphatic carbocycles. The van der Waals surface area contributed by atoms with Crippen molar-refractivity contribution in [3.8, 4) is 0 Å². The smallest absolute Gasteiger partial charge is 0.321 e. The van der Waals surface area contributed by atoms with Crippen molar-refractivity contribution in [2.75, 3.05) is 6.54 Å². The van der Waals surface area contributed by atoms with Crippen molar-refractivity contribution >= 4 is 5.71 Å². The lowest BCUT2D eigenvalue weighted by Crippen LogP contribution is -2.27. The van der Waals surface area contributed by atoms with Crippen LogP contribution >= 0.6 is 0 Å². The summed E-state index contributed by atoms with van der Waals surface area (Å²) in [6.45, 7) is 4.32. The first-order valence-electron chi connectivity index (χ1n) is 4.82. The molecule has 4 heteroatoms. The summed E-state index contributed by atoms with van der Waals surface area (Å²) in [5, 5.41) is 10.8. The molecule has 0 saturated carbocycles. The van der Waals surface area contributed by atoms with E-state index in [1.54, 1.807) is 0 Å². The number of hydrogen-bond acceptors (Lipinski definition) is 2. The van der Waals surface area contributed by atoms with Gasteiger partial charge in [-0.2, -0.15) is 4.79 Å². The van der Waals surface area contributed by atoms with E-state index in [0.29, 0.717) is 24.4 Å². The van der Waals surface area contributed by atoms with Gasteiger partial charge >= 0.3 is 5.71 Å². The first kappa shape index (κ1) is 10.7. The van der Waals surface area contributed by atoms with E-state index in [2.05, 4.69) is 4.79 Å². The van der Waals surface area contributed by atoms with Crippen LogP contribution in [0.25, 0.3) is 5.53 Å². The Morgan fingerprint density at radius 2 is 2.29 bits per heavy atom. The third-order valence-corrected chi connectivity index (χ3v) is 2.27. The van der Waals surface area contributed by atoms with Gasteiger partial charge in [0.2, 0.25) is 0 Å². The fourth-order valence-corrected chi connectivity index (χ4v) is 1.52. The Hall–Kier alpha value is -1.38. The van der Waals surface area contributed by atoms with E-state index in [0.717, 1.165) is 17.1 Å². The van der Waals surface area contributed by atoms with Gasteiger partial charge in [0.25, 0.3) is 0 Å². The van der Waals surface area contributed by atoms with Gasteiger partial charge in [-0.15, -0.1) is 0 Å². The first-order valence-corrected chi connectivity index (χ1v) is 4.82. The second kappa shape index (κ2) is 4.74. The summed E-state index contributed by atoms with van der Waals surface area (Å²) in [4.78, 5) is 3.20. The molecule has 76 valence electrons. The Bertz CT molecular complexity index is 324. The topological polar surface area (TPSA) is 59.9 Å². The number of allylic oxidation sites excluding steroid dienone is 4. The van der Waals surface area contributed by atoms with Gasteiger partial charge < -0.3 is 5.53 Å². The molecule has 0 spiro atoms. The lowest BCUT2D eigenvalue weighted by atomic mass is 9.99. The van der Waals surface area contributed by atoms with Gasteiger partial charge in [0.1, 0.15) is 0 Å². The van der Waals surface area contributed by atoms with Crippen molar-refractivity contribution in [3.05, 3.63) is 29.0 Å². The standard InChI is InChI=1S/C10H15N3O/c1-3-8-6-5-7-9(12-11)10(8)13(14)4-2/h5-6,14H,3-4,7H2,1-2H3. The van der Waals surface area contributed by atoms with E-state index in [-0.39, 0.29) is 0 Å². The molecule has 0 aliphatic heterocycles. The molecule has 0 radical (unpaired) electrons. The molecular weight excluding hydrogens is 178 g/mol. The summed E-state index contributed by atoms with van der Waals surface area (Å²) in [6.07, 6.45) is 5.26. The summed E-state index contributed by atoms with van der Waals surface area (Å²) in [5.41, 5.74) is 11.0. The van der Waals surface area contributed by atoms with Crippen LogP contribution in [-0.2, 0) is 0 Å². The predicted molar refractivity (Wildman–Crippen MR) is 53.9 cm³/mol. The minimum atomic E-state index is 0.478. The van der Waals surface area contributed by atoms with Gasteiger partial charge in [-0.25, -0.2) is 5.06 Å². The number of hydrogen-bond donors (Lipinski definition) is 1. The summed E-state index contributed by atoms with van der Waals surface area (Å²) in [5.74, 6) is 0. The van der Waals surface area contributed by atoms with E-state index in [1.807, 2.05) is 26.0 Å². The van der Waals surface area contributed by atoms with Crippen molar-refractivity contribution in [2.24, 2.45) is 0 Å². The average Bonchev–Trinajstić information content (AvgIpc) is 2.26. The van der Waals surface area contributed by atoms with Crippen LogP contribution in [0.3, 0.4) is 0 Å². The Kier molecular flexibility index (Phi) is 3.63. The van der Waals surface area contributed by atoms with Crippen molar-refractivity contribution < 1.29 is 10.00 Å². The van der Waals surface area contributed by atoms with E-state index >= 15 is 0 Å². The van der Waals surface area contributed by atoms with E-state index in [1.165, 1.54) is 0 Å². The molecule has 1 aliphatic rings. The maximum Gasteiger partial charge on any atom is 0.321 e. The highest BCUT2D eigenvalue weighted by atomic mass is 16.5. The number of hydroxylamine groups is 2. The molecule has 0 amide bonds. The molecule has 0 aromatic carbocycles. The molecule has 4 nitrogen and oxygen atoms in total. The fraction of sp³-hybridized carbons (Fsp3) is 0.500. The van der Waals surface area contributed by atoms with Crippen LogP contribution in [0.4, 0.5) is 0 Å². The van der Waals surface area contributed by atoms with Gasteiger partial charge in [0.15, 0.2) is 5.70 Å². The minimum absolute atomic E-state index is 0.478. The van der Waals surface area contributed by atoms with Crippen LogP contribution in [0.5, 0.6) is 0 Å². The minimum Gasteiger partial charge on any atom is -0.361 e. The number of rotatable bonds is 3. The lowest BCUT2D eigenvalue weighted by Gasteiger charge is -2.19. The second-order valence-electron chi connectivity index (χ2n) is 3.10. The van der Waals surface area contributed by atoms with Crippen molar-refractivity contribution in [3.63, 3.8) is 0 Å². The van der Waals surface area contributed by atoms with Gasteiger partial charge in [-0.1, -0.05) is 19.1 Å². The summed E-state index contributed by atoms with van der Waals surface area (Å²) >= 11 is 0. The monoisotopic (exact) mass is 193 g/mol. The predicted octanol–water partition coefficient (Wildman–Crippen LogP) is 1.99. The van der Waals surface area contributed by atoms with Gasteiger partial charge in [0.05, 0.1) is 6.42 Å². The Morgan fingerprint density at radius 1 is 1.57 bits per heavy atom. The molecular formula is C10H15N3O. The van der Waals surface area contributed by atoms with E-state index in [9.17, 15) is 5.21 Å². The zero-order chi connectivity index (χ0) is 10.6. The zero-order valence-corrected chi connectivity index (χ0v) is 8.56. The van der Waals surface area contributed by atoms with Crippen molar-refractivity contribution in [1.29, 1.82) is 0 Å². The molecule has 1 N–H and O–H groups in total. The van der Waals surface area contributed by atoms with Crippen molar-refractivity contribution in [2.45, 2.75) is 26.7 Å². The Labute approximate surface area is 83.7 Å². The highest BCUT2D eigenvalue weighted by Gasteiger charge is 2.24. The van der Waals surface area contributed by atoms with Crippen LogP contribution in [0.2, 0.25) is 0 Å². The first-order chi connectivity index (χ1) is 6.74. The van der Waals surface area contributed by atoms with Crippen molar-refractivity contribution in [1.82, 2.24) is 5.06 Å². The largest absolute Gasteiger partial charge is 0.361 e. The molecule has 0 heterocycles. The summed E-state index contributed by atoms with van der Waals surface area (Å²) < 4.78 is 0. The van der Waals surface area contributed by atoms with E-state index in [4.69, 9.17) is 5.53 Å². The molecule has 14 heavy (non-hydrogen) atoms. The van der Waals surface area contributed by atoms with Gasteiger partial charge in [0, 0.05) is 6.54 Å². The zero-order valence-electron chi connectivity index (χ0n) is 8.56. The normalized spacial score (nSPS) is 15.8. The lowest BCUT2D eigenvalue weighted by molar-refractivity contribution is -0.0591. The SMILES string of the molecule is CCC1=C(N(O)CC)C(=[N+]=[N-])CC=C1. The fourth-order valence-electron chi connectivity index (χ4n) is 1.52. The maximum atomic E-state index is 9.64. The Balaban J connectivity index is 3.16. The molecule has 0 bridgehead atoms.